The first-order valence-corrected chi connectivity index (χ1v) is 7.02. The molecule has 0 radical (unpaired) electrons. The van der Waals surface area contributed by atoms with Crippen LogP contribution in [0.2, 0.25) is 5.02 Å². The van der Waals surface area contributed by atoms with E-state index in [2.05, 4.69) is 10.3 Å². The first kappa shape index (κ1) is 16.0. The molecule has 3 nitrogen and oxygen atoms in total. The number of hydrogen-bond donors (Lipinski definition) is 1. The van der Waals surface area contributed by atoms with Crippen LogP contribution in [0.3, 0.4) is 0 Å². The first-order chi connectivity index (χ1) is 9.77. The number of halogens is 5. The van der Waals surface area contributed by atoms with Gasteiger partial charge in [-0.1, -0.05) is 11.6 Å². The van der Waals surface area contributed by atoms with E-state index in [-0.39, 0.29) is 5.56 Å². The van der Waals surface area contributed by atoms with Gasteiger partial charge in [-0.25, -0.2) is 0 Å². The molecule has 2 rings (SSSR count). The molecule has 1 heterocycles. The van der Waals surface area contributed by atoms with Crippen LogP contribution in [0, 0.1) is 3.57 Å². The normalized spacial score (nSPS) is 11.3. The molecule has 0 atom stereocenters. The smallest absolute Gasteiger partial charge is 0.321 e. The maximum Gasteiger partial charge on any atom is 0.433 e. The number of carbonyl (C=O) groups excluding carboxylic acids is 1. The highest BCUT2D eigenvalue weighted by Gasteiger charge is 2.32. The molecule has 0 unspecified atom stereocenters. The summed E-state index contributed by atoms with van der Waals surface area (Å²) in [5, 5.41) is 3.11. The predicted octanol–water partition coefficient (Wildman–Crippen LogP) is 4.61. The summed E-state index contributed by atoms with van der Waals surface area (Å²) in [5.74, 6) is -0.545. The molecule has 0 spiro atoms. The van der Waals surface area contributed by atoms with Crippen LogP contribution in [-0.4, -0.2) is 10.9 Å². The van der Waals surface area contributed by atoms with Crippen molar-refractivity contribution in [1.29, 1.82) is 0 Å². The number of aromatic nitrogens is 1. The van der Waals surface area contributed by atoms with E-state index in [1.165, 1.54) is 0 Å². The Balaban J connectivity index is 2.17. The minimum atomic E-state index is -4.53. The molecule has 0 aliphatic heterocycles. The number of amides is 1. The van der Waals surface area contributed by atoms with Crippen molar-refractivity contribution in [2.24, 2.45) is 0 Å². The molecule has 0 saturated carbocycles. The van der Waals surface area contributed by atoms with Gasteiger partial charge in [0.1, 0.15) is 5.69 Å². The third kappa shape index (κ3) is 4.07. The minimum absolute atomic E-state index is 0.0359. The average Bonchev–Trinajstić information content (AvgIpc) is 2.41. The third-order valence-corrected chi connectivity index (χ3v) is 3.62. The van der Waals surface area contributed by atoms with Crippen LogP contribution < -0.4 is 5.32 Å². The Hall–Kier alpha value is -1.35. The lowest BCUT2D eigenvalue weighted by Gasteiger charge is -2.09. The molecule has 1 N–H and O–H groups in total. The van der Waals surface area contributed by atoms with Crippen molar-refractivity contribution in [3.05, 3.63) is 56.4 Å². The number of anilines is 1. The van der Waals surface area contributed by atoms with Gasteiger partial charge in [-0.05, 0) is 52.9 Å². The molecular formula is C13H7ClF3IN2O. The first-order valence-electron chi connectivity index (χ1n) is 5.57. The van der Waals surface area contributed by atoms with Crippen LogP contribution in [0.4, 0.5) is 18.9 Å². The second kappa shape index (κ2) is 6.18. The molecule has 0 saturated heterocycles. The molecule has 1 amide bonds. The lowest BCUT2D eigenvalue weighted by atomic mass is 10.2. The number of benzene rings is 1. The van der Waals surface area contributed by atoms with Crippen LogP contribution in [0.1, 0.15) is 16.1 Å². The zero-order valence-electron chi connectivity index (χ0n) is 10.2. The van der Waals surface area contributed by atoms with Gasteiger partial charge in [0.2, 0.25) is 0 Å². The minimum Gasteiger partial charge on any atom is -0.321 e. The van der Waals surface area contributed by atoms with Gasteiger partial charge in [0.15, 0.2) is 0 Å². The lowest BCUT2D eigenvalue weighted by Crippen LogP contribution is -2.14. The summed E-state index contributed by atoms with van der Waals surface area (Å²) in [7, 11) is 0. The summed E-state index contributed by atoms with van der Waals surface area (Å²) in [4.78, 5) is 15.2. The predicted molar refractivity (Wildman–Crippen MR) is 81.4 cm³/mol. The molecule has 0 aliphatic rings. The number of nitrogens with one attached hydrogen (secondary N) is 1. The zero-order chi connectivity index (χ0) is 15.6. The van der Waals surface area contributed by atoms with Gasteiger partial charge in [-0.2, -0.15) is 13.2 Å². The van der Waals surface area contributed by atoms with E-state index in [1.54, 1.807) is 18.2 Å². The molecule has 0 bridgehead atoms. The highest BCUT2D eigenvalue weighted by molar-refractivity contribution is 14.1. The average molecular weight is 427 g/mol. The van der Waals surface area contributed by atoms with E-state index in [0.29, 0.717) is 14.3 Å². The lowest BCUT2D eigenvalue weighted by molar-refractivity contribution is -0.141. The van der Waals surface area contributed by atoms with E-state index < -0.39 is 17.8 Å². The Bertz CT molecular complexity index is 674. The monoisotopic (exact) mass is 426 g/mol. The van der Waals surface area contributed by atoms with Gasteiger partial charge in [-0.3, -0.25) is 9.78 Å². The van der Waals surface area contributed by atoms with Crippen LogP contribution in [0.25, 0.3) is 0 Å². The highest BCUT2D eigenvalue weighted by atomic mass is 127. The van der Waals surface area contributed by atoms with Crippen molar-refractivity contribution in [1.82, 2.24) is 4.98 Å². The standard InChI is InChI=1S/C13H7ClF3IN2O/c14-8-2-3-10(9(18)5-8)20-12(21)7-1-4-11(19-6-7)13(15,16)17/h1-6H,(H,20,21). The molecule has 8 heteroatoms. The molecule has 0 fully saturated rings. The number of hydrogen-bond acceptors (Lipinski definition) is 2. The molecule has 2 aromatic rings. The van der Waals surface area contributed by atoms with Crippen LogP contribution in [0.5, 0.6) is 0 Å². The maximum absolute atomic E-state index is 12.4. The van der Waals surface area contributed by atoms with Gasteiger partial charge >= 0.3 is 6.18 Å². The summed E-state index contributed by atoms with van der Waals surface area (Å²) in [5.41, 5.74) is -0.487. The van der Waals surface area contributed by atoms with E-state index in [4.69, 9.17) is 11.6 Å². The summed E-state index contributed by atoms with van der Waals surface area (Å²) in [6.45, 7) is 0. The fourth-order valence-corrected chi connectivity index (χ4v) is 2.49. The number of rotatable bonds is 2. The van der Waals surface area contributed by atoms with Crippen LogP contribution in [0.15, 0.2) is 36.5 Å². The molecule has 1 aromatic carbocycles. The Morgan fingerprint density at radius 3 is 2.48 bits per heavy atom. The van der Waals surface area contributed by atoms with Crippen molar-refractivity contribution in [2.45, 2.75) is 6.18 Å². The second-order valence-corrected chi connectivity index (χ2v) is 5.61. The van der Waals surface area contributed by atoms with E-state index >= 15 is 0 Å². The van der Waals surface area contributed by atoms with Crippen LogP contribution in [-0.2, 0) is 6.18 Å². The topological polar surface area (TPSA) is 42.0 Å². The maximum atomic E-state index is 12.4. The van der Waals surface area contributed by atoms with E-state index in [1.807, 2.05) is 22.6 Å². The quantitative estimate of drug-likeness (QED) is 0.713. The number of pyridine rings is 1. The molecule has 21 heavy (non-hydrogen) atoms. The summed E-state index contributed by atoms with van der Waals surface area (Å²) in [6, 6.07) is 6.71. The Morgan fingerprint density at radius 1 is 1.24 bits per heavy atom. The van der Waals surface area contributed by atoms with Crippen molar-refractivity contribution < 1.29 is 18.0 Å². The van der Waals surface area contributed by atoms with Crippen LogP contribution >= 0.6 is 34.2 Å². The Morgan fingerprint density at radius 2 is 1.95 bits per heavy atom. The van der Waals surface area contributed by atoms with Crippen molar-refractivity contribution >= 4 is 45.8 Å². The molecular weight excluding hydrogens is 420 g/mol. The summed E-state index contributed by atoms with van der Waals surface area (Å²) in [6.07, 6.45) is -3.64. The Kier molecular flexibility index (Phi) is 4.72. The molecule has 0 aliphatic carbocycles. The molecule has 1 aromatic heterocycles. The van der Waals surface area contributed by atoms with Gasteiger partial charge in [0.25, 0.3) is 5.91 Å². The van der Waals surface area contributed by atoms with Gasteiger partial charge in [0.05, 0.1) is 11.3 Å². The fraction of sp³-hybridized carbons (Fsp3) is 0.0769. The SMILES string of the molecule is O=C(Nc1ccc(Cl)cc1I)c1ccc(C(F)(F)F)nc1. The second-order valence-electron chi connectivity index (χ2n) is 4.01. The highest BCUT2D eigenvalue weighted by Crippen LogP contribution is 2.27. The Labute approximate surface area is 136 Å². The van der Waals surface area contributed by atoms with Crippen molar-refractivity contribution in [3.63, 3.8) is 0 Å². The molecule has 110 valence electrons. The van der Waals surface area contributed by atoms with E-state index in [0.717, 1.165) is 18.3 Å². The van der Waals surface area contributed by atoms with Crippen molar-refractivity contribution in [3.8, 4) is 0 Å². The number of alkyl halides is 3. The largest absolute Gasteiger partial charge is 0.433 e. The van der Waals surface area contributed by atoms with E-state index in [9.17, 15) is 18.0 Å². The zero-order valence-corrected chi connectivity index (χ0v) is 13.1. The van der Waals surface area contributed by atoms with Crippen molar-refractivity contribution in [2.75, 3.05) is 5.32 Å². The van der Waals surface area contributed by atoms with Gasteiger partial charge in [-0.15, -0.1) is 0 Å². The number of nitrogens with zero attached hydrogens (tertiary/aromatic N) is 1. The summed E-state index contributed by atoms with van der Waals surface area (Å²) < 4.78 is 37.9. The third-order valence-electron chi connectivity index (χ3n) is 2.50. The van der Waals surface area contributed by atoms with Gasteiger partial charge in [0, 0.05) is 14.8 Å². The van der Waals surface area contributed by atoms with Gasteiger partial charge < -0.3 is 5.32 Å². The number of carbonyl (C=O) groups is 1. The fourth-order valence-electron chi connectivity index (χ4n) is 1.48. The summed E-state index contributed by atoms with van der Waals surface area (Å²) >= 11 is 7.79.